The van der Waals surface area contributed by atoms with Crippen LogP contribution >= 0.6 is 0 Å². The smallest absolute Gasteiger partial charge is 0.261 e. The molecule has 5 aromatic heterocycles. The lowest BCUT2D eigenvalue weighted by Crippen LogP contribution is -2.24. The average molecular weight is 542 g/mol. The first-order valence-corrected chi connectivity index (χ1v) is 12.7. The Morgan fingerprint density at radius 3 is 2.70 bits per heavy atom. The fourth-order valence-corrected chi connectivity index (χ4v) is 5.33. The number of aromatic hydroxyl groups is 1. The molecule has 6 heterocycles. The number of halogens is 3. The van der Waals surface area contributed by atoms with E-state index >= 15 is 0 Å². The Bertz CT molecular complexity index is 1880. The summed E-state index contributed by atoms with van der Waals surface area (Å²) < 4.78 is 41.3. The highest BCUT2D eigenvalue weighted by atomic mass is 19.3. The van der Waals surface area contributed by atoms with Crippen LogP contribution in [0.25, 0.3) is 55.7 Å². The molecule has 200 valence electrons. The Morgan fingerprint density at radius 1 is 0.975 bits per heavy atom. The van der Waals surface area contributed by atoms with Gasteiger partial charge in [-0.05, 0) is 53.1 Å². The number of nitrogens with one attached hydrogen (secondary N) is 2. The minimum Gasteiger partial charge on any atom is -0.508 e. The second kappa shape index (κ2) is 9.16. The number of alkyl halides is 2. The zero-order valence-corrected chi connectivity index (χ0v) is 21.0. The van der Waals surface area contributed by atoms with Gasteiger partial charge in [0.05, 0.1) is 29.6 Å². The second-order valence-corrected chi connectivity index (χ2v) is 10.1. The molecule has 0 spiro atoms. The van der Waals surface area contributed by atoms with Crippen molar-refractivity contribution in [1.82, 2.24) is 35.0 Å². The zero-order chi connectivity index (χ0) is 27.4. The fraction of sp³-hybridized carbons (Fsp3) is 0.172. The van der Waals surface area contributed by atoms with E-state index in [-0.39, 0.29) is 18.7 Å². The van der Waals surface area contributed by atoms with Crippen LogP contribution in [-0.2, 0) is 6.54 Å². The minimum atomic E-state index is -2.65. The minimum absolute atomic E-state index is 0.128. The van der Waals surface area contributed by atoms with Gasteiger partial charge in [-0.25, -0.2) is 18.2 Å². The molecule has 1 aromatic carbocycles. The summed E-state index contributed by atoms with van der Waals surface area (Å²) in [4.78, 5) is 18.4. The first-order chi connectivity index (χ1) is 19.3. The Hall–Kier alpha value is -4.77. The number of phenolic OH excluding ortho intramolecular Hbond substituents is 1. The number of hydrogen-bond acceptors (Lipinski definition) is 6. The van der Waals surface area contributed by atoms with Crippen molar-refractivity contribution in [2.45, 2.75) is 18.9 Å². The third kappa shape index (κ3) is 4.43. The van der Waals surface area contributed by atoms with E-state index < -0.39 is 11.7 Å². The van der Waals surface area contributed by atoms with E-state index in [0.717, 1.165) is 33.5 Å². The molecule has 1 fully saturated rings. The van der Waals surface area contributed by atoms with Crippen LogP contribution in [-0.4, -0.2) is 59.2 Å². The molecule has 3 N–H and O–H groups in total. The molecule has 11 heteroatoms. The van der Waals surface area contributed by atoms with Crippen molar-refractivity contribution in [2.75, 3.05) is 13.1 Å². The molecule has 0 unspecified atom stereocenters. The van der Waals surface area contributed by atoms with E-state index in [4.69, 9.17) is 0 Å². The first-order valence-electron chi connectivity index (χ1n) is 12.7. The third-order valence-electron chi connectivity index (χ3n) is 7.17. The largest absolute Gasteiger partial charge is 0.508 e. The standard InChI is InChI=1S/C29H22F3N7O/c30-19-6-17(7-20(40)8-19)21-1-3-34-28-22(21)9-25(36-28)27-23-10-24(35-13-26(23)37-38-27)18-5-16(11-33-12-18)14-39-4-2-29(31,32)15-39/h1,3,5-13,40H,2,4,14-15H2,(H,34,36)(H,37,38). The summed E-state index contributed by atoms with van der Waals surface area (Å²) in [5.74, 6) is -3.34. The Balaban J connectivity index is 1.25. The summed E-state index contributed by atoms with van der Waals surface area (Å²) in [5.41, 5.74) is 6.17. The van der Waals surface area contributed by atoms with Gasteiger partial charge in [0.1, 0.15) is 22.9 Å². The molecule has 8 nitrogen and oxygen atoms in total. The molecule has 40 heavy (non-hydrogen) atoms. The predicted molar refractivity (Wildman–Crippen MR) is 144 cm³/mol. The van der Waals surface area contributed by atoms with Crippen LogP contribution in [0.15, 0.2) is 67.3 Å². The molecule has 6 aromatic rings. The SMILES string of the molecule is Oc1cc(F)cc(-c2ccnc3[nH]c(-c4n[nH]c5cnc(-c6cncc(CN7CCC(F)(F)C7)c6)cc45)cc23)c1. The van der Waals surface area contributed by atoms with Crippen molar-refractivity contribution in [3.05, 3.63) is 78.6 Å². The molecule has 1 aliphatic heterocycles. The number of pyridine rings is 3. The highest BCUT2D eigenvalue weighted by Gasteiger charge is 2.37. The van der Waals surface area contributed by atoms with Gasteiger partial charge in [-0.2, -0.15) is 5.10 Å². The first kappa shape index (κ1) is 24.3. The quantitative estimate of drug-likeness (QED) is 0.250. The van der Waals surface area contributed by atoms with Gasteiger partial charge in [0, 0.05) is 60.5 Å². The van der Waals surface area contributed by atoms with Crippen molar-refractivity contribution >= 4 is 21.9 Å². The highest BCUT2D eigenvalue weighted by Crippen LogP contribution is 2.35. The number of nitrogens with zero attached hydrogens (tertiary/aromatic N) is 5. The van der Waals surface area contributed by atoms with Gasteiger partial charge >= 0.3 is 0 Å². The van der Waals surface area contributed by atoms with E-state index in [2.05, 4.69) is 30.1 Å². The molecular formula is C29H22F3N7O. The monoisotopic (exact) mass is 541 g/mol. The van der Waals surface area contributed by atoms with E-state index in [1.165, 1.54) is 12.1 Å². The molecule has 0 radical (unpaired) electrons. The topological polar surface area (TPSA) is 107 Å². The lowest BCUT2D eigenvalue weighted by molar-refractivity contribution is 0.0115. The molecular weight excluding hydrogens is 519 g/mol. The van der Waals surface area contributed by atoms with Crippen LogP contribution in [0.1, 0.15) is 12.0 Å². The van der Waals surface area contributed by atoms with Crippen LogP contribution in [0, 0.1) is 5.82 Å². The van der Waals surface area contributed by atoms with Crippen LogP contribution in [0.4, 0.5) is 13.2 Å². The normalized spacial score (nSPS) is 15.4. The predicted octanol–water partition coefficient (Wildman–Crippen LogP) is 5.92. The maximum Gasteiger partial charge on any atom is 0.261 e. The van der Waals surface area contributed by atoms with Crippen molar-refractivity contribution < 1.29 is 18.3 Å². The zero-order valence-electron chi connectivity index (χ0n) is 21.0. The Kier molecular flexibility index (Phi) is 5.56. The molecule has 7 rings (SSSR count). The number of phenols is 1. The molecule has 1 aliphatic rings. The number of fused-ring (bicyclic) bond motifs is 2. The molecule has 0 atom stereocenters. The number of aromatic amines is 2. The summed E-state index contributed by atoms with van der Waals surface area (Å²) in [6.45, 7) is 0.492. The number of H-pyrrole nitrogens is 2. The van der Waals surface area contributed by atoms with Gasteiger partial charge in [-0.1, -0.05) is 0 Å². The van der Waals surface area contributed by atoms with Crippen molar-refractivity contribution in [1.29, 1.82) is 0 Å². The second-order valence-electron chi connectivity index (χ2n) is 10.1. The molecule has 0 bridgehead atoms. The van der Waals surface area contributed by atoms with Gasteiger partial charge in [0.2, 0.25) is 0 Å². The molecule has 0 aliphatic carbocycles. The van der Waals surface area contributed by atoms with Crippen LogP contribution < -0.4 is 0 Å². The third-order valence-corrected chi connectivity index (χ3v) is 7.17. The average Bonchev–Trinajstić information content (AvgIpc) is 3.63. The van der Waals surface area contributed by atoms with Crippen molar-refractivity contribution in [3.63, 3.8) is 0 Å². The van der Waals surface area contributed by atoms with E-state index in [0.29, 0.717) is 46.9 Å². The Labute approximate surface area is 225 Å². The van der Waals surface area contributed by atoms with Crippen LogP contribution in [0.2, 0.25) is 0 Å². The van der Waals surface area contributed by atoms with Gasteiger partial charge in [0.15, 0.2) is 0 Å². The fourth-order valence-electron chi connectivity index (χ4n) is 5.33. The summed E-state index contributed by atoms with van der Waals surface area (Å²) in [6, 6.07) is 11.4. The molecule has 0 saturated carbocycles. The summed E-state index contributed by atoms with van der Waals surface area (Å²) in [7, 11) is 0. The van der Waals surface area contributed by atoms with E-state index in [1.54, 1.807) is 35.8 Å². The summed E-state index contributed by atoms with van der Waals surface area (Å²) >= 11 is 0. The van der Waals surface area contributed by atoms with Gasteiger partial charge < -0.3 is 10.1 Å². The van der Waals surface area contributed by atoms with Crippen molar-refractivity contribution in [2.24, 2.45) is 0 Å². The van der Waals surface area contributed by atoms with Gasteiger partial charge in [0.25, 0.3) is 5.92 Å². The number of benzene rings is 1. The maximum absolute atomic E-state index is 14.0. The molecule has 0 amide bonds. The number of likely N-dealkylation sites (tertiary alicyclic amines) is 1. The number of aromatic nitrogens is 6. The van der Waals surface area contributed by atoms with Crippen LogP contribution in [0.3, 0.4) is 0 Å². The lowest BCUT2D eigenvalue weighted by atomic mass is 10.0. The van der Waals surface area contributed by atoms with Gasteiger partial charge in [-0.3, -0.25) is 20.0 Å². The highest BCUT2D eigenvalue weighted by molar-refractivity contribution is 6.00. The molecule has 1 saturated heterocycles. The number of hydrogen-bond donors (Lipinski definition) is 3. The lowest BCUT2D eigenvalue weighted by Gasteiger charge is -2.15. The van der Waals surface area contributed by atoms with Crippen molar-refractivity contribution in [3.8, 4) is 39.5 Å². The Morgan fingerprint density at radius 2 is 1.88 bits per heavy atom. The number of rotatable bonds is 5. The van der Waals surface area contributed by atoms with E-state index in [9.17, 15) is 18.3 Å². The van der Waals surface area contributed by atoms with Crippen LogP contribution in [0.5, 0.6) is 5.75 Å². The van der Waals surface area contributed by atoms with E-state index in [1.807, 2.05) is 18.2 Å². The maximum atomic E-state index is 14.0. The van der Waals surface area contributed by atoms with Gasteiger partial charge in [-0.15, -0.1) is 0 Å². The summed E-state index contributed by atoms with van der Waals surface area (Å²) in [5, 5.41) is 19.0. The summed E-state index contributed by atoms with van der Waals surface area (Å²) in [6.07, 6.45) is 6.57.